The zero-order valence-electron chi connectivity index (χ0n) is 16.9. The quantitative estimate of drug-likeness (QED) is 0.674. The van der Waals surface area contributed by atoms with E-state index >= 15 is 0 Å². The van der Waals surface area contributed by atoms with Crippen molar-refractivity contribution in [2.24, 2.45) is 5.92 Å². The fourth-order valence-electron chi connectivity index (χ4n) is 5.41. The number of amides is 1. The van der Waals surface area contributed by atoms with E-state index in [2.05, 4.69) is 0 Å². The number of hydrogen-bond donors (Lipinski definition) is 0. The van der Waals surface area contributed by atoms with E-state index in [-0.39, 0.29) is 11.6 Å². The van der Waals surface area contributed by atoms with Crippen LogP contribution in [0.4, 0.5) is 4.79 Å². The summed E-state index contributed by atoms with van der Waals surface area (Å²) in [7, 11) is 1.80. The Bertz CT molecular complexity index is 523. The predicted molar refractivity (Wildman–Crippen MR) is 100 cm³/mol. The van der Waals surface area contributed by atoms with Crippen molar-refractivity contribution in [3.63, 3.8) is 0 Å². The number of aldehydes is 1. The summed E-state index contributed by atoms with van der Waals surface area (Å²) >= 11 is 0. The van der Waals surface area contributed by atoms with E-state index in [4.69, 9.17) is 9.47 Å². The molecule has 0 aromatic rings. The number of carbonyl (C=O) groups is 2. The van der Waals surface area contributed by atoms with Crippen molar-refractivity contribution < 1.29 is 19.1 Å². The maximum Gasteiger partial charge on any atom is 0.411 e. The van der Waals surface area contributed by atoms with E-state index in [1.807, 2.05) is 25.7 Å². The molecule has 148 valence electrons. The van der Waals surface area contributed by atoms with Crippen molar-refractivity contribution in [3.05, 3.63) is 0 Å². The molecule has 2 bridgehead atoms. The molecule has 2 aliphatic heterocycles. The first-order valence-corrected chi connectivity index (χ1v) is 10.3. The van der Waals surface area contributed by atoms with Gasteiger partial charge >= 0.3 is 6.09 Å². The van der Waals surface area contributed by atoms with Crippen LogP contribution in [0.15, 0.2) is 0 Å². The molecule has 3 rings (SSSR count). The highest BCUT2D eigenvalue weighted by molar-refractivity contribution is 5.80. The van der Waals surface area contributed by atoms with Gasteiger partial charge in [-0.05, 0) is 90.9 Å². The van der Waals surface area contributed by atoms with Crippen LogP contribution in [0.25, 0.3) is 0 Å². The van der Waals surface area contributed by atoms with E-state index in [0.717, 1.165) is 57.7 Å². The van der Waals surface area contributed by atoms with Crippen LogP contribution < -0.4 is 0 Å². The molecule has 26 heavy (non-hydrogen) atoms. The minimum atomic E-state index is -0.629. The molecular formula is C21H35NO4. The second-order valence-corrected chi connectivity index (χ2v) is 9.68. The number of nitrogens with zero attached hydrogens (tertiary/aromatic N) is 1. The molecule has 2 saturated heterocycles. The molecule has 5 heteroatoms. The van der Waals surface area contributed by atoms with Gasteiger partial charge in [-0.15, -0.1) is 0 Å². The van der Waals surface area contributed by atoms with E-state index in [0.29, 0.717) is 12.0 Å². The number of ether oxygens (including phenoxy) is 2. The second kappa shape index (κ2) is 7.14. The Labute approximate surface area is 157 Å². The summed E-state index contributed by atoms with van der Waals surface area (Å²) in [6.07, 6.45) is 11.4. The molecule has 5 nitrogen and oxygen atoms in total. The number of methoxy groups -OCH3 is 1. The number of fused-ring (bicyclic) bond motifs is 2. The van der Waals surface area contributed by atoms with Crippen molar-refractivity contribution in [2.45, 2.75) is 108 Å². The number of rotatable bonds is 5. The molecule has 0 unspecified atom stereocenters. The van der Waals surface area contributed by atoms with Crippen molar-refractivity contribution >= 4 is 12.4 Å². The number of hydrogen-bond acceptors (Lipinski definition) is 4. The van der Waals surface area contributed by atoms with Gasteiger partial charge in [0.05, 0.1) is 6.10 Å². The minimum Gasteiger partial charge on any atom is -0.444 e. The lowest BCUT2D eigenvalue weighted by molar-refractivity contribution is -0.117. The Morgan fingerprint density at radius 3 is 2.23 bits per heavy atom. The van der Waals surface area contributed by atoms with E-state index in [1.54, 1.807) is 7.11 Å². The van der Waals surface area contributed by atoms with Crippen LogP contribution in [0.2, 0.25) is 0 Å². The zero-order valence-corrected chi connectivity index (χ0v) is 16.9. The molecule has 0 N–H and O–H groups in total. The smallest absolute Gasteiger partial charge is 0.411 e. The fourth-order valence-corrected chi connectivity index (χ4v) is 5.41. The number of carbonyl (C=O) groups excluding carboxylic acids is 2. The van der Waals surface area contributed by atoms with Crippen molar-refractivity contribution in [1.29, 1.82) is 0 Å². The second-order valence-electron chi connectivity index (χ2n) is 9.68. The summed E-state index contributed by atoms with van der Waals surface area (Å²) < 4.78 is 11.2. The van der Waals surface area contributed by atoms with Gasteiger partial charge in [-0.2, -0.15) is 0 Å². The van der Waals surface area contributed by atoms with Crippen LogP contribution in [0.1, 0.15) is 85.0 Å². The summed E-state index contributed by atoms with van der Waals surface area (Å²) in [6.45, 7) is 5.66. The fraction of sp³-hybridized carbons (Fsp3) is 0.905. The van der Waals surface area contributed by atoms with Crippen molar-refractivity contribution in [3.8, 4) is 0 Å². The van der Waals surface area contributed by atoms with Crippen LogP contribution in [0.3, 0.4) is 0 Å². The molecule has 0 spiro atoms. The van der Waals surface area contributed by atoms with E-state index < -0.39 is 11.1 Å². The van der Waals surface area contributed by atoms with E-state index in [1.165, 1.54) is 12.8 Å². The Balaban J connectivity index is 1.68. The molecule has 1 saturated carbocycles. The summed E-state index contributed by atoms with van der Waals surface area (Å²) in [6, 6.07) is 0. The Morgan fingerprint density at radius 2 is 1.73 bits per heavy atom. The van der Waals surface area contributed by atoms with Gasteiger partial charge in [0, 0.05) is 12.6 Å². The third kappa shape index (κ3) is 3.64. The molecule has 0 aromatic heterocycles. The molecule has 3 aliphatic rings. The van der Waals surface area contributed by atoms with Crippen LogP contribution in [0.5, 0.6) is 0 Å². The molecule has 0 radical (unpaired) electrons. The van der Waals surface area contributed by atoms with Gasteiger partial charge in [-0.3, -0.25) is 4.90 Å². The third-order valence-corrected chi connectivity index (χ3v) is 6.91. The third-order valence-electron chi connectivity index (χ3n) is 6.91. The summed E-state index contributed by atoms with van der Waals surface area (Å²) in [5.41, 5.74) is -1.35. The monoisotopic (exact) mass is 365 g/mol. The Kier molecular flexibility index (Phi) is 5.40. The van der Waals surface area contributed by atoms with Gasteiger partial charge in [-0.25, -0.2) is 4.79 Å². The van der Waals surface area contributed by atoms with Gasteiger partial charge in [0.15, 0.2) is 0 Å². The first kappa shape index (κ1) is 19.7. The summed E-state index contributed by atoms with van der Waals surface area (Å²) in [5.74, 6) is 0.711. The average Bonchev–Trinajstić information content (AvgIpc) is 3.10. The SMILES string of the molecule is COC1CCC(CCC23CCC(C=O)(CC2)N3C(=O)OC(C)(C)C)CC1. The lowest BCUT2D eigenvalue weighted by Gasteiger charge is -2.39. The maximum absolute atomic E-state index is 13.0. The summed E-state index contributed by atoms with van der Waals surface area (Å²) in [5, 5.41) is 0. The molecule has 1 aliphatic carbocycles. The Morgan fingerprint density at radius 1 is 1.12 bits per heavy atom. The highest BCUT2D eigenvalue weighted by Gasteiger charge is 2.63. The standard InChI is InChI=1S/C21H35NO4/c1-19(2,3)26-18(24)22-20(11-13-21(22,15-23)14-12-20)10-9-16-5-7-17(25-4)8-6-16/h15-17H,5-14H2,1-4H3. The lowest BCUT2D eigenvalue weighted by Crippen LogP contribution is -2.53. The normalized spacial score (nSPS) is 37.0. The van der Waals surface area contributed by atoms with E-state index in [9.17, 15) is 9.59 Å². The Hall–Kier alpha value is -1.10. The first-order chi connectivity index (χ1) is 12.2. The average molecular weight is 366 g/mol. The molecule has 1 amide bonds. The van der Waals surface area contributed by atoms with Gasteiger partial charge in [-0.1, -0.05) is 0 Å². The van der Waals surface area contributed by atoms with Crippen LogP contribution in [0, 0.1) is 5.92 Å². The lowest BCUT2D eigenvalue weighted by atomic mass is 9.77. The highest BCUT2D eigenvalue weighted by Crippen LogP contribution is 2.55. The highest BCUT2D eigenvalue weighted by atomic mass is 16.6. The van der Waals surface area contributed by atoms with Gasteiger partial charge in [0.1, 0.15) is 17.4 Å². The van der Waals surface area contributed by atoms with Gasteiger partial charge in [0.25, 0.3) is 0 Å². The van der Waals surface area contributed by atoms with Gasteiger partial charge < -0.3 is 14.3 Å². The predicted octanol–water partition coefficient (Wildman–Crippen LogP) is 4.47. The molecule has 3 fully saturated rings. The van der Waals surface area contributed by atoms with Crippen LogP contribution >= 0.6 is 0 Å². The maximum atomic E-state index is 13.0. The first-order valence-electron chi connectivity index (χ1n) is 10.3. The minimum absolute atomic E-state index is 0.179. The zero-order chi connectivity index (χ0) is 19.0. The van der Waals surface area contributed by atoms with Crippen LogP contribution in [-0.2, 0) is 14.3 Å². The van der Waals surface area contributed by atoms with Crippen LogP contribution in [-0.4, -0.2) is 47.2 Å². The largest absolute Gasteiger partial charge is 0.444 e. The molecular weight excluding hydrogens is 330 g/mol. The molecule has 0 aromatic carbocycles. The van der Waals surface area contributed by atoms with Gasteiger partial charge in [0.2, 0.25) is 0 Å². The van der Waals surface area contributed by atoms with Crippen molar-refractivity contribution in [1.82, 2.24) is 4.90 Å². The van der Waals surface area contributed by atoms with Crippen molar-refractivity contribution in [2.75, 3.05) is 7.11 Å². The topological polar surface area (TPSA) is 55.8 Å². The molecule has 2 heterocycles. The summed E-state index contributed by atoms with van der Waals surface area (Å²) in [4.78, 5) is 26.7. The molecule has 0 atom stereocenters.